The van der Waals surface area contributed by atoms with Gasteiger partial charge in [0.2, 0.25) is 0 Å². The van der Waals surface area contributed by atoms with Crippen molar-refractivity contribution in [3.63, 3.8) is 0 Å². The van der Waals surface area contributed by atoms with Gasteiger partial charge in [-0.2, -0.15) is 10.1 Å². The molecule has 0 radical (unpaired) electrons. The Morgan fingerprint density at radius 3 is 2.65 bits per heavy atom. The Labute approximate surface area is 164 Å². The van der Waals surface area contributed by atoms with Crippen LogP contribution >= 0.6 is 27.5 Å². The summed E-state index contributed by atoms with van der Waals surface area (Å²) in [6, 6.07) is 10.3. The van der Waals surface area contributed by atoms with E-state index in [1.807, 2.05) is 6.92 Å². The van der Waals surface area contributed by atoms with Gasteiger partial charge in [0.25, 0.3) is 5.91 Å². The van der Waals surface area contributed by atoms with Gasteiger partial charge in [0, 0.05) is 5.02 Å². The fourth-order valence-corrected chi connectivity index (χ4v) is 3.14. The van der Waals surface area contributed by atoms with E-state index in [1.165, 1.54) is 5.01 Å². The number of benzene rings is 2. The molecule has 1 aliphatic heterocycles. The molecule has 0 bridgehead atoms. The van der Waals surface area contributed by atoms with E-state index in [-0.39, 0.29) is 11.7 Å². The number of amides is 1. The Morgan fingerprint density at radius 1 is 1.31 bits per heavy atom. The summed E-state index contributed by atoms with van der Waals surface area (Å²) in [6.07, 6.45) is 1.73. The minimum Gasteiger partial charge on any atom is -0.503 e. The lowest BCUT2D eigenvalue weighted by Crippen LogP contribution is -2.21. The van der Waals surface area contributed by atoms with Gasteiger partial charge in [-0.25, -0.2) is 0 Å². The Hall–Kier alpha value is -2.31. The van der Waals surface area contributed by atoms with Gasteiger partial charge in [-0.05, 0) is 77.8 Å². The van der Waals surface area contributed by atoms with Crippen molar-refractivity contribution in [2.24, 2.45) is 5.10 Å². The first kappa shape index (κ1) is 18.5. The van der Waals surface area contributed by atoms with Crippen molar-refractivity contribution >= 4 is 50.9 Å². The van der Waals surface area contributed by atoms with Crippen molar-refractivity contribution in [2.75, 3.05) is 11.6 Å². The van der Waals surface area contributed by atoms with Gasteiger partial charge >= 0.3 is 0 Å². The number of carbonyl (C=O) groups excluding carboxylic acids is 1. The largest absolute Gasteiger partial charge is 0.503 e. The zero-order chi connectivity index (χ0) is 18.8. The van der Waals surface area contributed by atoms with Crippen LogP contribution in [0, 0.1) is 0 Å². The van der Waals surface area contributed by atoms with E-state index in [0.29, 0.717) is 44.4 Å². The van der Waals surface area contributed by atoms with Crippen molar-refractivity contribution in [1.82, 2.24) is 0 Å². The number of hydrogen-bond donors (Lipinski definition) is 1. The first-order chi connectivity index (χ1) is 12.4. The lowest BCUT2D eigenvalue weighted by Gasteiger charge is -2.12. The van der Waals surface area contributed by atoms with Crippen LogP contribution in [0.4, 0.5) is 5.69 Å². The lowest BCUT2D eigenvalue weighted by atomic mass is 10.1. The molecule has 1 amide bonds. The summed E-state index contributed by atoms with van der Waals surface area (Å²) in [5.41, 5.74) is 2.44. The highest BCUT2D eigenvalue weighted by atomic mass is 79.9. The number of phenols is 1. The number of phenolic OH excluding ortho intramolecular Hbond substituents is 1. The molecule has 0 unspecified atom stereocenters. The summed E-state index contributed by atoms with van der Waals surface area (Å²) in [7, 11) is 0. The summed E-state index contributed by atoms with van der Waals surface area (Å²) in [6.45, 7) is 4.03. The summed E-state index contributed by atoms with van der Waals surface area (Å²) in [5, 5.41) is 16.3. The van der Waals surface area contributed by atoms with Crippen molar-refractivity contribution in [3.05, 3.63) is 57.0 Å². The molecule has 134 valence electrons. The van der Waals surface area contributed by atoms with E-state index in [2.05, 4.69) is 21.0 Å². The minimum absolute atomic E-state index is 0.0277. The highest BCUT2D eigenvalue weighted by Gasteiger charge is 2.28. The Bertz CT molecular complexity index is 923. The number of rotatable bonds is 4. The van der Waals surface area contributed by atoms with Crippen molar-refractivity contribution < 1.29 is 14.6 Å². The molecule has 0 atom stereocenters. The van der Waals surface area contributed by atoms with Crippen LogP contribution in [0.2, 0.25) is 5.02 Å². The predicted octanol–water partition coefficient (Wildman–Crippen LogP) is 5.01. The van der Waals surface area contributed by atoms with E-state index in [0.717, 1.165) is 0 Å². The third-order valence-corrected chi connectivity index (χ3v) is 4.65. The monoisotopic (exact) mass is 434 g/mol. The SMILES string of the molecule is CCOc1cc(/C=C2/C(=O)N(c3ccc(Cl)cc3)N=C2C)cc(Br)c1O. The number of nitrogens with zero attached hydrogens (tertiary/aromatic N) is 2. The summed E-state index contributed by atoms with van der Waals surface area (Å²) in [5.74, 6) is 0.148. The molecular formula is C19H16BrClN2O3. The quantitative estimate of drug-likeness (QED) is 0.687. The molecular weight excluding hydrogens is 420 g/mol. The Morgan fingerprint density at radius 2 is 2.00 bits per heavy atom. The van der Waals surface area contributed by atoms with Crippen LogP contribution in [-0.4, -0.2) is 23.3 Å². The molecule has 2 aromatic carbocycles. The number of hydrogen-bond acceptors (Lipinski definition) is 4. The lowest BCUT2D eigenvalue weighted by molar-refractivity contribution is -0.114. The maximum atomic E-state index is 12.8. The molecule has 2 aromatic rings. The number of anilines is 1. The molecule has 26 heavy (non-hydrogen) atoms. The van der Waals surface area contributed by atoms with Gasteiger partial charge in [0.1, 0.15) is 0 Å². The number of aromatic hydroxyl groups is 1. The van der Waals surface area contributed by atoms with Crippen LogP contribution in [0.1, 0.15) is 19.4 Å². The average Bonchev–Trinajstić information content (AvgIpc) is 2.88. The van der Waals surface area contributed by atoms with Gasteiger partial charge in [0.15, 0.2) is 11.5 Å². The smallest absolute Gasteiger partial charge is 0.280 e. The molecule has 5 nitrogen and oxygen atoms in total. The molecule has 0 saturated carbocycles. The zero-order valence-electron chi connectivity index (χ0n) is 14.2. The van der Waals surface area contributed by atoms with E-state index in [1.54, 1.807) is 49.4 Å². The number of halogens is 2. The summed E-state index contributed by atoms with van der Waals surface area (Å²) in [4.78, 5) is 12.8. The molecule has 1 aliphatic rings. The molecule has 0 aliphatic carbocycles. The fourth-order valence-electron chi connectivity index (χ4n) is 2.55. The third-order valence-electron chi connectivity index (χ3n) is 3.80. The fraction of sp³-hybridized carbons (Fsp3) is 0.158. The molecule has 7 heteroatoms. The second-order valence-corrected chi connectivity index (χ2v) is 6.91. The summed E-state index contributed by atoms with van der Waals surface area (Å²) >= 11 is 9.20. The highest BCUT2D eigenvalue weighted by Crippen LogP contribution is 2.36. The third kappa shape index (κ3) is 3.61. The molecule has 1 heterocycles. The first-order valence-corrected chi connectivity index (χ1v) is 9.10. The maximum Gasteiger partial charge on any atom is 0.280 e. The van der Waals surface area contributed by atoms with Gasteiger partial charge in [-0.3, -0.25) is 4.79 Å². The molecule has 3 rings (SSSR count). The van der Waals surface area contributed by atoms with Crippen LogP contribution in [0.3, 0.4) is 0 Å². The van der Waals surface area contributed by atoms with Gasteiger partial charge in [-0.1, -0.05) is 11.6 Å². The van der Waals surface area contributed by atoms with Gasteiger partial charge in [0.05, 0.1) is 28.1 Å². The van der Waals surface area contributed by atoms with E-state index < -0.39 is 0 Å². The second kappa shape index (κ2) is 7.51. The molecule has 0 spiro atoms. The standard InChI is InChI=1S/C19H16BrClN2O3/c1-3-26-17-10-12(9-16(20)18(17)24)8-15-11(2)22-23(19(15)25)14-6-4-13(21)5-7-14/h4-10,24H,3H2,1-2H3/b15-8+. The average molecular weight is 436 g/mol. The van der Waals surface area contributed by atoms with Crippen molar-refractivity contribution in [2.45, 2.75) is 13.8 Å². The second-order valence-electron chi connectivity index (χ2n) is 5.62. The van der Waals surface area contributed by atoms with Crippen LogP contribution < -0.4 is 9.75 Å². The molecule has 1 N–H and O–H groups in total. The van der Waals surface area contributed by atoms with Gasteiger partial charge in [-0.15, -0.1) is 0 Å². The van der Waals surface area contributed by atoms with Crippen LogP contribution in [0.15, 0.2) is 51.5 Å². The highest BCUT2D eigenvalue weighted by molar-refractivity contribution is 9.10. The van der Waals surface area contributed by atoms with E-state index >= 15 is 0 Å². The van der Waals surface area contributed by atoms with Crippen molar-refractivity contribution in [1.29, 1.82) is 0 Å². The molecule has 0 aromatic heterocycles. The normalized spacial score (nSPS) is 15.5. The minimum atomic E-state index is -0.230. The Kier molecular flexibility index (Phi) is 5.34. The van der Waals surface area contributed by atoms with E-state index in [9.17, 15) is 9.90 Å². The summed E-state index contributed by atoms with van der Waals surface area (Å²) < 4.78 is 5.92. The molecule has 0 saturated heterocycles. The van der Waals surface area contributed by atoms with Crippen LogP contribution in [0.5, 0.6) is 11.5 Å². The number of carbonyl (C=O) groups is 1. The van der Waals surface area contributed by atoms with Gasteiger partial charge < -0.3 is 9.84 Å². The zero-order valence-corrected chi connectivity index (χ0v) is 16.5. The van der Waals surface area contributed by atoms with Crippen molar-refractivity contribution in [3.8, 4) is 11.5 Å². The molecule has 0 fully saturated rings. The number of ether oxygens (including phenoxy) is 1. The van der Waals surface area contributed by atoms with Crippen LogP contribution in [0.25, 0.3) is 6.08 Å². The first-order valence-electron chi connectivity index (χ1n) is 7.93. The predicted molar refractivity (Wildman–Crippen MR) is 107 cm³/mol. The topological polar surface area (TPSA) is 62.1 Å². The number of hydrazone groups is 1. The van der Waals surface area contributed by atoms with E-state index in [4.69, 9.17) is 16.3 Å². The van der Waals surface area contributed by atoms with Crippen LogP contribution in [-0.2, 0) is 4.79 Å². The Balaban J connectivity index is 1.96. The maximum absolute atomic E-state index is 12.8.